The maximum atomic E-state index is 6.61. The second kappa shape index (κ2) is 16.8. The van der Waals surface area contributed by atoms with Crippen molar-refractivity contribution in [2.24, 2.45) is 17.8 Å². The van der Waals surface area contributed by atoms with Crippen LogP contribution in [0.2, 0.25) is 90.1 Å². The molecule has 0 N–H and O–H groups in total. The van der Waals surface area contributed by atoms with Crippen molar-refractivity contribution < 1.29 is 16.5 Å². The monoisotopic (exact) mass is 720 g/mol. The Morgan fingerprint density at radius 2 is 1.05 bits per heavy atom. The number of rotatable bonds is 14. The second-order valence-corrected chi connectivity index (χ2v) is 38.0. The SMILES string of the molecule is C[SiH](C)O[Si](C)(C)CCC1CC2CC1C([Si](C)(C)O[SiH](C)C)C2.C[SiH](C)O[Si](O[SiH](C)C)(c1ccccc1)c1ccccc1. The summed E-state index contributed by atoms with van der Waals surface area (Å²) >= 11 is 0. The Hall–Kier alpha value is -0.202. The molecule has 0 radical (unpaired) electrons. The lowest BCUT2D eigenvalue weighted by Gasteiger charge is -2.40. The molecule has 248 valence electrons. The normalized spacial score (nSPS) is 22.3. The van der Waals surface area contributed by atoms with Crippen LogP contribution in [0.1, 0.15) is 25.7 Å². The van der Waals surface area contributed by atoms with E-state index in [-0.39, 0.29) is 0 Å². The zero-order chi connectivity index (χ0) is 32.7. The Morgan fingerprint density at radius 1 is 0.591 bits per heavy atom. The molecule has 11 heteroatoms. The van der Waals surface area contributed by atoms with Crippen LogP contribution >= 0.6 is 0 Å². The Labute approximate surface area is 281 Å². The van der Waals surface area contributed by atoms with E-state index in [1.807, 2.05) is 12.1 Å². The van der Waals surface area contributed by atoms with Crippen molar-refractivity contribution in [3.05, 3.63) is 60.7 Å². The predicted molar refractivity (Wildman–Crippen MR) is 210 cm³/mol. The average Bonchev–Trinajstić information content (AvgIpc) is 3.53. The molecule has 4 unspecified atom stereocenters. The van der Waals surface area contributed by atoms with Gasteiger partial charge in [-0.3, -0.25) is 0 Å². The van der Waals surface area contributed by atoms with Crippen LogP contribution in [0.3, 0.4) is 0 Å². The lowest BCUT2D eigenvalue weighted by atomic mass is 9.86. The number of fused-ring (bicyclic) bond motifs is 2. The highest BCUT2D eigenvalue weighted by atomic mass is 28.5. The first-order valence-corrected chi connectivity index (χ1v) is 36.4. The number of hydrogen-bond donors (Lipinski definition) is 0. The molecule has 2 fully saturated rings. The van der Waals surface area contributed by atoms with E-state index < -0.39 is 61.4 Å². The minimum atomic E-state index is -2.55. The first-order chi connectivity index (χ1) is 20.5. The molecule has 44 heavy (non-hydrogen) atoms. The van der Waals surface area contributed by atoms with Crippen LogP contribution in [0.25, 0.3) is 0 Å². The van der Waals surface area contributed by atoms with Crippen LogP contribution < -0.4 is 10.4 Å². The molecule has 2 aromatic carbocycles. The highest BCUT2D eigenvalue weighted by Crippen LogP contribution is 2.59. The van der Waals surface area contributed by atoms with Crippen molar-refractivity contribution in [3.63, 3.8) is 0 Å². The third-order valence-electron chi connectivity index (χ3n) is 9.17. The molecule has 2 bridgehead atoms. The van der Waals surface area contributed by atoms with Crippen molar-refractivity contribution in [1.29, 1.82) is 0 Å². The first-order valence-electron chi connectivity index (χ1n) is 17.4. The average molecular weight is 721 g/mol. The molecule has 0 aromatic heterocycles. The van der Waals surface area contributed by atoms with Crippen molar-refractivity contribution in [3.8, 4) is 0 Å². The molecule has 0 spiro atoms. The van der Waals surface area contributed by atoms with Gasteiger partial charge in [-0.1, -0.05) is 67.1 Å². The highest BCUT2D eigenvalue weighted by molar-refractivity contribution is 6.98. The van der Waals surface area contributed by atoms with E-state index in [1.165, 1.54) is 42.1 Å². The van der Waals surface area contributed by atoms with Crippen molar-refractivity contribution in [2.75, 3.05) is 0 Å². The Balaban J connectivity index is 0.000000241. The fourth-order valence-electron chi connectivity index (χ4n) is 8.00. The van der Waals surface area contributed by atoms with E-state index in [1.54, 1.807) is 0 Å². The van der Waals surface area contributed by atoms with Crippen LogP contribution in [0, 0.1) is 17.8 Å². The van der Waals surface area contributed by atoms with Gasteiger partial charge >= 0.3 is 8.56 Å². The second-order valence-electron chi connectivity index (χ2n) is 15.5. The van der Waals surface area contributed by atoms with Gasteiger partial charge in [0.1, 0.15) is 0 Å². The molecule has 4 nitrogen and oxygen atoms in total. The molecule has 2 aromatic rings. The van der Waals surface area contributed by atoms with Crippen LogP contribution in [0.4, 0.5) is 0 Å². The van der Waals surface area contributed by atoms with E-state index in [2.05, 4.69) is 127 Å². The molecule has 0 heterocycles. The van der Waals surface area contributed by atoms with Gasteiger partial charge in [-0.05, 0) is 138 Å². The van der Waals surface area contributed by atoms with Crippen molar-refractivity contribution in [1.82, 2.24) is 0 Å². The zero-order valence-corrected chi connectivity index (χ0v) is 37.7. The van der Waals surface area contributed by atoms with E-state index in [4.69, 9.17) is 16.5 Å². The van der Waals surface area contributed by atoms with Gasteiger partial charge < -0.3 is 16.5 Å². The van der Waals surface area contributed by atoms with Gasteiger partial charge in [-0.15, -0.1) is 0 Å². The molecule has 0 aliphatic heterocycles. The number of hydrogen-bond acceptors (Lipinski definition) is 4. The fraction of sp³-hybridized carbons (Fsp3) is 0.636. The van der Waals surface area contributed by atoms with Crippen LogP contribution in [0.15, 0.2) is 60.7 Å². The number of benzene rings is 2. The van der Waals surface area contributed by atoms with Gasteiger partial charge in [0.25, 0.3) is 0 Å². The zero-order valence-electron chi connectivity index (χ0n) is 30.1. The molecule has 2 saturated carbocycles. The standard InChI is InChI=1S/C17H40O2Si4.C16H24O2Si3/c1-20(2)18-22(5,6)10-9-15-11-14-12-16(15)17(13-14)23(7,8)19-21(3)4;1-19(2)17-21(18-20(3)4,15-11-7-5-8-12-15)16-13-9-6-10-14-16/h14-17,20-21H,9-13H2,1-8H3;5-14,19-20H,1-4H3. The molecular weight excluding hydrogens is 657 g/mol. The Bertz CT molecular complexity index is 1060. The molecule has 4 atom stereocenters. The summed E-state index contributed by atoms with van der Waals surface area (Å²) in [6.45, 7) is 28.1. The van der Waals surface area contributed by atoms with Crippen molar-refractivity contribution >= 4 is 71.7 Å². The molecule has 0 amide bonds. The maximum absolute atomic E-state index is 6.61. The Morgan fingerprint density at radius 3 is 1.45 bits per heavy atom. The summed E-state index contributed by atoms with van der Waals surface area (Å²) in [5.74, 6) is 2.98. The minimum Gasteiger partial charge on any atom is -0.458 e. The van der Waals surface area contributed by atoms with Gasteiger partial charge in [0.15, 0.2) is 52.8 Å². The predicted octanol–water partition coefficient (Wildman–Crippen LogP) is 7.45. The molecule has 0 saturated heterocycles. The topological polar surface area (TPSA) is 36.9 Å². The van der Waals surface area contributed by atoms with Gasteiger partial charge in [-0.25, -0.2) is 0 Å². The summed E-state index contributed by atoms with van der Waals surface area (Å²) in [6.07, 6.45) is 5.93. The summed E-state index contributed by atoms with van der Waals surface area (Å²) in [5, 5.41) is 2.44. The van der Waals surface area contributed by atoms with Gasteiger partial charge in [0.2, 0.25) is 0 Å². The van der Waals surface area contributed by atoms with Crippen molar-refractivity contribution in [2.45, 2.75) is 116 Å². The van der Waals surface area contributed by atoms with Gasteiger partial charge in [0.05, 0.1) is 0 Å². The van der Waals surface area contributed by atoms with E-state index in [9.17, 15) is 0 Å². The third-order valence-corrected chi connectivity index (χ3v) is 30.5. The Kier molecular flexibility index (Phi) is 14.6. The van der Waals surface area contributed by atoms with Gasteiger partial charge in [0, 0.05) is 0 Å². The maximum Gasteiger partial charge on any atom is 0.386 e. The molecular formula is C33H64O4Si7. The molecule has 4 rings (SSSR count). The molecule has 2 aliphatic carbocycles. The van der Waals surface area contributed by atoms with Gasteiger partial charge in [-0.2, -0.15) is 0 Å². The van der Waals surface area contributed by atoms with Crippen LogP contribution in [0.5, 0.6) is 0 Å². The summed E-state index contributed by atoms with van der Waals surface area (Å²) in [7, 11) is -9.69. The summed E-state index contributed by atoms with van der Waals surface area (Å²) in [6, 6.07) is 22.4. The lowest BCUT2D eigenvalue weighted by Crippen LogP contribution is -2.66. The first kappa shape index (κ1) is 38.2. The highest BCUT2D eigenvalue weighted by Gasteiger charge is 2.53. The smallest absolute Gasteiger partial charge is 0.386 e. The summed E-state index contributed by atoms with van der Waals surface area (Å²) < 4.78 is 26.2. The van der Waals surface area contributed by atoms with E-state index in [0.29, 0.717) is 0 Å². The van der Waals surface area contributed by atoms with E-state index >= 15 is 0 Å². The van der Waals surface area contributed by atoms with E-state index in [0.717, 1.165) is 23.3 Å². The van der Waals surface area contributed by atoms with Crippen LogP contribution in [-0.4, -0.2) is 61.4 Å². The fourth-order valence-corrected chi connectivity index (χ4v) is 32.3. The summed E-state index contributed by atoms with van der Waals surface area (Å²) in [4.78, 5) is 0. The largest absolute Gasteiger partial charge is 0.458 e. The third kappa shape index (κ3) is 10.9. The quantitative estimate of drug-likeness (QED) is 0.190. The minimum absolute atomic E-state index is 0.878. The van der Waals surface area contributed by atoms with Crippen LogP contribution in [-0.2, 0) is 16.5 Å². The molecule has 2 aliphatic rings. The lowest BCUT2D eigenvalue weighted by molar-refractivity contribution is 0.302. The summed E-state index contributed by atoms with van der Waals surface area (Å²) in [5.41, 5.74) is 0.936.